The van der Waals surface area contributed by atoms with Gasteiger partial charge in [-0.2, -0.15) is 10.4 Å². The number of rotatable bonds is 2. The molecular formula is C11H8N4S. The van der Waals surface area contributed by atoms with Gasteiger partial charge < -0.3 is 0 Å². The minimum atomic E-state index is 0.537. The highest BCUT2D eigenvalue weighted by Gasteiger charge is 2.05. The Morgan fingerprint density at radius 1 is 1.31 bits per heavy atom. The number of nitrogens with zero attached hydrogens (tertiary/aromatic N) is 4. The molecular weight excluding hydrogens is 220 g/mol. The van der Waals surface area contributed by atoms with E-state index in [1.807, 2.05) is 19.1 Å². The zero-order valence-corrected chi connectivity index (χ0v) is 9.40. The molecule has 0 aliphatic carbocycles. The first-order valence-corrected chi connectivity index (χ1v) is 5.43. The predicted molar refractivity (Wildman–Crippen MR) is 59.8 cm³/mol. The van der Waals surface area contributed by atoms with Gasteiger partial charge in [0.15, 0.2) is 0 Å². The number of aromatic nitrogens is 3. The lowest BCUT2D eigenvalue weighted by molar-refractivity contribution is 0.919. The standard InChI is InChI=1S/C11H8N4S/c1-8-6-10(3-4-13-8)16-11-9(7-12)2-5-14-15-11/h2-6H,1H3. The van der Waals surface area contributed by atoms with Crippen LogP contribution >= 0.6 is 11.8 Å². The fourth-order valence-electron chi connectivity index (χ4n) is 1.17. The molecule has 0 amide bonds. The van der Waals surface area contributed by atoms with E-state index >= 15 is 0 Å². The molecule has 0 fully saturated rings. The van der Waals surface area contributed by atoms with Gasteiger partial charge in [0.05, 0.1) is 11.8 Å². The molecule has 0 atom stereocenters. The summed E-state index contributed by atoms with van der Waals surface area (Å²) in [6, 6.07) is 7.57. The normalized spacial score (nSPS) is 9.75. The van der Waals surface area contributed by atoms with E-state index < -0.39 is 0 Å². The van der Waals surface area contributed by atoms with Crippen molar-refractivity contribution in [3.63, 3.8) is 0 Å². The first kappa shape index (κ1) is 10.6. The third-order valence-corrected chi connectivity index (χ3v) is 2.87. The van der Waals surface area contributed by atoms with Crippen LogP contribution in [0.25, 0.3) is 0 Å². The van der Waals surface area contributed by atoms with Crippen molar-refractivity contribution in [3.8, 4) is 6.07 Å². The summed E-state index contributed by atoms with van der Waals surface area (Å²) < 4.78 is 0. The molecule has 4 nitrogen and oxygen atoms in total. The third kappa shape index (κ3) is 2.35. The maximum absolute atomic E-state index is 8.91. The maximum atomic E-state index is 8.91. The molecule has 0 aliphatic heterocycles. The van der Waals surface area contributed by atoms with Gasteiger partial charge in [-0.15, -0.1) is 5.10 Å². The van der Waals surface area contributed by atoms with Crippen LogP contribution in [0.5, 0.6) is 0 Å². The van der Waals surface area contributed by atoms with Gasteiger partial charge in [-0.1, -0.05) is 11.8 Å². The molecule has 2 aromatic rings. The number of hydrogen-bond acceptors (Lipinski definition) is 5. The van der Waals surface area contributed by atoms with Crippen molar-refractivity contribution in [2.24, 2.45) is 0 Å². The van der Waals surface area contributed by atoms with E-state index in [1.54, 1.807) is 12.3 Å². The number of nitriles is 1. The van der Waals surface area contributed by atoms with Crippen LogP contribution in [0.4, 0.5) is 0 Å². The van der Waals surface area contributed by atoms with E-state index in [-0.39, 0.29) is 0 Å². The second-order valence-corrected chi connectivity index (χ2v) is 4.16. The van der Waals surface area contributed by atoms with E-state index in [1.165, 1.54) is 18.0 Å². The maximum Gasteiger partial charge on any atom is 0.141 e. The average molecular weight is 228 g/mol. The molecule has 0 N–H and O–H groups in total. The van der Waals surface area contributed by atoms with E-state index in [4.69, 9.17) is 5.26 Å². The monoisotopic (exact) mass is 228 g/mol. The molecule has 0 unspecified atom stereocenters. The van der Waals surface area contributed by atoms with E-state index in [0.717, 1.165) is 10.6 Å². The molecule has 0 aromatic carbocycles. The van der Waals surface area contributed by atoms with E-state index in [0.29, 0.717) is 10.6 Å². The van der Waals surface area contributed by atoms with Gasteiger partial charge in [0, 0.05) is 16.8 Å². The molecule has 0 saturated heterocycles. The number of hydrogen-bond donors (Lipinski definition) is 0. The largest absolute Gasteiger partial charge is 0.262 e. The van der Waals surface area contributed by atoms with Crippen LogP contribution < -0.4 is 0 Å². The van der Waals surface area contributed by atoms with Gasteiger partial charge in [-0.25, -0.2) is 0 Å². The lowest BCUT2D eigenvalue weighted by atomic mass is 10.3. The van der Waals surface area contributed by atoms with Gasteiger partial charge in [-0.3, -0.25) is 4.98 Å². The van der Waals surface area contributed by atoms with Crippen molar-refractivity contribution in [2.45, 2.75) is 16.8 Å². The summed E-state index contributed by atoms with van der Waals surface area (Å²) in [5, 5.41) is 17.2. The molecule has 2 aromatic heterocycles. The second kappa shape index (κ2) is 4.73. The van der Waals surface area contributed by atoms with Crippen LogP contribution in [0.2, 0.25) is 0 Å². The van der Waals surface area contributed by atoms with Crippen molar-refractivity contribution in [1.29, 1.82) is 5.26 Å². The molecule has 0 saturated carbocycles. The first-order chi connectivity index (χ1) is 7.79. The second-order valence-electron chi connectivity index (χ2n) is 3.10. The summed E-state index contributed by atoms with van der Waals surface area (Å²) in [7, 11) is 0. The van der Waals surface area contributed by atoms with Crippen LogP contribution in [0.15, 0.2) is 40.5 Å². The molecule has 0 bridgehead atoms. The van der Waals surface area contributed by atoms with Crippen LogP contribution in [0.3, 0.4) is 0 Å². The highest BCUT2D eigenvalue weighted by Crippen LogP contribution is 2.27. The Balaban J connectivity index is 2.31. The summed E-state index contributed by atoms with van der Waals surface area (Å²) in [5.74, 6) is 0. The Labute approximate surface area is 97.4 Å². The third-order valence-electron chi connectivity index (χ3n) is 1.89. The average Bonchev–Trinajstić information content (AvgIpc) is 2.30. The van der Waals surface area contributed by atoms with Crippen LogP contribution in [-0.4, -0.2) is 15.2 Å². The minimum absolute atomic E-state index is 0.537. The van der Waals surface area contributed by atoms with E-state index in [2.05, 4.69) is 21.3 Å². The molecule has 0 spiro atoms. The van der Waals surface area contributed by atoms with Crippen molar-refractivity contribution in [2.75, 3.05) is 0 Å². The van der Waals surface area contributed by atoms with Gasteiger partial charge in [0.25, 0.3) is 0 Å². The Bertz CT molecular complexity index is 548. The number of pyridine rings is 1. The van der Waals surface area contributed by atoms with Crippen LogP contribution in [-0.2, 0) is 0 Å². The molecule has 0 aliphatic rings. The lowest BCUT2D eigenvalue weighted by Gasteiger charge is -2.01. The van der Waals surface area contributed by atoms with Crippen LogP contribution in [0, 0.1) is 18.3 Å². The summed E-state index contributed by atoms with van der Waals surface area (Å²) in [5.41, 5.74) is 1.47. The quantitative estimate of drug-likeness (QED) is 0.788. The molecule has 78 valence electrons. The highest BCUT2D eigenvalue weighted by molar-refractivity contribution is 7.99. The molecule has 5 heteroatoms. The summed E-state index contributed by atoms with van der Waals surface area (Å²) in [6.45, 7) is 1.92. The summed E-state index contributed by atoms with van der Waals surface area (Å²) in [6.07, 6.45) is 3.25. The van der Waals surface area contributed by atoms with Gasteiger partial charge in [0.1, 0.15) is 11.1 Å². The van der Waals surface area contributed by atoms with Crippen molar-refractivity contribution in [3.05, 3.63) is 41.9 Å². The van der Waals surface area contributed by atoms with Gasteiger partial charge >= 0.3 is 0 Å². The highest BCUT2D eigenvalue weighted by atomic mass is 32.2. The van der Waals surface area contributed by atoms with E-state index in [9.17, 15) is 0 Å². The van der Waals surface area contributed by atoms with Crippen molar-refractivity contribution < 1.29 is 0 Å². The molecule has 16 heavy (non-hydrogen) atoms. The Morgan fingerprint density at radius 3 is 2.94 bits per heavy atom. The first-order valence-electron chi connectivity index (χ1n) is 4.62. The zero-order chi connectivity index (χ0) is 11.4. The SMILES string of the molecule is Cc1cc(Sc2nnccc2C#N)ccn1. The summed E-state index contributed by atoms with van der Waals surface area (Å²) in [4.78, 5) is 5.11. The smallest absolute Gasteiger partial charge is 0.141 e. The van der Waals surface area contributed by atoms with Crippen LogP contribution in [0.1, 0.15) is 11.3 Å². The van der Waals surface area contributed by atoms with Crippen molar-refractivity contribution >= 4 is 11.8 Å². The summed E-state index contributed by atoms with van der Waals surface area (Å²) >= 11 is 1.42. The Kier molecular flexibility index (Phi) is 3.13. The molecule has 0 radical (unpaired) electrons. The van der Waals surface area contributed by atoms with Gasteiger partial charge in [-0.05, 0) is 25.1 Å². The predicted octanol–water partition coefficient (Wildman–Crippen LogP) is 2.20. The minimum Gasteiger partial charge on any atom is -0.262 e. The Hall–Kier alpha value is -1.93. The zero-order valence-electron chi connectivity index (χ0n) is 8.58. The Morgan fingerprint density at radius 2 is 2.19 bits per heavy atom. The topological polar surface area (TPSA) is 62.5 Å². The molecule has 2 heterocycles. The fraction of sp³-hybridized carbons (Fsp3) is 0.0909. The number of aryl methyl sites for hydroxylation is 1. The lowest BCUT2D eigenvalue weighted by Crippen LogP contribution is -1.89. The van der Waals surface area contributed by atoms with Crippen molar-refractivity contribution in [1.82, 2.24) is 15.2 Å². The molecule has 2 rings (SSSR count). The van der Waals surface area contributed by atoms with Gasteiger partial charge in [0.2, 0.25) is 0 Å². The fourth-order valence-corrected chi connectivity index (χ4v) is 2.07.